The first-order valence-corrected chi connectivity index (χ1v) is 6.01. The van der Waals surface area contributed by atoms with Gasteiger partial charge in [0.2, 0.25) is 0 Å². The summed E-state index contributed by atoms with van der Waals surface area (Å²) in [6.07, 6.45) is 5.21. The van der Waals surface area contributed by atoms with Crippen LogP contribution in [0.25, 0.3) is 0 Å². The lowest BCUT2D eigenvalue weighted by molar-refractivity contribution is 0.629. The van der Waals surface area contributed by atoms with E-state index in [0.717, 1.165) is 18.7 Å². The van der Waals surface area contributed by atoms with Crippen LogP contribution in [-0.2, 0) is 6.42 Å². The van der Waals surface area contributed by atoms with Gasteiger partial charge in [0.25, 0.3) is 0 Å². The molecule has 6 heteroatoms. The van der Waals surface area contributed by atoms with Crippen LogP contribution in [0.1, 0.15) is 12.2 Å². The Balaban J connectivity index is 1.85. The molecular weight excluding hydrogens is 255 g/mol. The molecule has 96 valence electrons. The molecular formula is C12H14ClFN4. The zero-order chi connectivity index (χ0) is 13.0. The summed E-state index contributed by atoms with van der Waals surface area (Å²) >= 11 is 5.62. The summed E-state index contributed by atoms with van der Waals surface area (Å²) in [6, 6.07) is 2.72. The van der Waals surface area contributed by atoms with Crippen LogP contribution in [0.15, 0.2) is 24.5 Å². The van der Waals surface area contributed by atoms with Gasteiger partial charge in [-0.3, -0.25) is 0 Å². The van der Waals surface area contributed by atoms with Crippen molar-refractivity contribution in [2.75, 3.05) is 17.6 Å². The van der Waals surface area contributed by atoms with E-state index in [1.165, 1.54) is 12.1 Å². The molecule has 2 aromatic rings. The van der Waals surface area contributed by atoms with Gasteiger partial charge < -0.3 is 16.0 Å². The Labute approximate surface area is 109 Å². The molecule has 0 fully saturated rings. The van der Waals surface area contributed by atoms with Gasteiger partial charge in [0.05, 0.1) is 16.4 Å². The Morgan fingerprint density at radius 1 is 1.44 bits per heavy atom. The average molecular weight is 269 g/mol. The van der Waals surface area contributed by atoms with Gasteiger partial charge in [-0.05, 0) is 12.5 Å². The van der Waals surface area contributed by atoms with Crippen LogP contribution in [0, 0.1) is 5.82 Å². The maximum atomic E-state index is 13.2. The van der Waals surface area contributed by atoms with Crippen molar-refractivity contribution < 1.29 is 4.39 Å². The van der Waals surface area contributed by atoms with E-state index >= 15 is 0 Å². The summed E-state index contributed by atoms with van der Waals surface area (Å²) in [6.45, 7) is 0.686. The summed E-state index contributed by atoms with van der Waals surface area (Å²) < 4.78 is 13.2. The third kappa shape index (κ3) is 3.13. The Kier molecular flexibility index (Phi) is 4.04. The Morgan fingerprint density at radius 3 is 3.00 bits per heavy atom. The van der Waals surface area contributed by atoms with Gasteiger partial charge in [-0.2, -0.15) is 0 Å². The van der Waals surface area contributed by atoms with Crippen LogP contribution in [0.2, 0.25) is 5.02 Å². The summed E-state index contributed by atoms with van der Waals surface area (Å²) in [4.78, 5) is 7.14. The minimum Gasteiger partial charge on any atom is -0.397 e. The van der Waals surface area contributed by atoms with Gasteiger partial charge in [-0.15, -0.1) is 0 Å². The third-order valence-electron chi connectivity index (χ3n) is 2.55. The molecule has 0 bridgehead atoms. The highest BCUT2D eigenvalue weighted by atomic mass is 35.5. The number of benzene rings is 1. The van der Waals surface area contributed by atoms with Crippen molar-refractivity contribution in [2.45, 2.75) is 12.8 Å². The predicted molar refractivity (Wildman–Crippen MR) is 71.2 cm³/mol. The van der Waals surface area contributed by atoms with Crippen molar-refractivity contribution in [1.29, 1.82) is 0 Å². The normalized spacial score (nSPS) is 10.6. The van der Waals surface area contributed by atoms with Gasteiger partial charge in [-0.1, -0.05) is 11.6 Å². The van der Waals surface area contributed by atoms with E-state index in [0.29, 0.717) is 17.9 Å². The second kappa shape index (κ2) is 5.73. The van der Waals surface area contributed by atoms with Crippen molar-refractivity contribution in [3.63, 3.8) is 0 Å². The van der Waals surface area contributed by atoms with Crippen molar-refractivity contribution in [1.82, 2.24) is 9.97 Å². The van der Waals surface area contributed by atoms with E-state index in [1.54, 1.807) is 12.4 Å². The average Bonchev–Trinajstić information content (AvgIpc) is 2.84. The Morgan fingerprint density at radius 2 is 2.28 bits per heavy atom. The van der Waals surface area contributed by atoms with Gasteiger partial charge in [0.1, 0.15) is 11.6 Å². The number of nitrogens with zero attached hydrogens (tertiary/aromatic N) is 1. The van der Waals surface area contributed by atoms with Gasteiger partial charge in [0.15, 0.2) is 0 Å². The number of imidazole rings is 1. The van der Waals surface area contributed by atoms with Crippen LogP contribution in [-0.4, -0.2) is 16.5 Å². The third-order valence-corrected chi connectivity index (χ3v) is 2.84. The molecule has 1 aromatic heterocycles. The number of rotatable bonds is 5. The lowest BCUT2D eigenvalue weighted by atomic mass is 10.2. The molecule has 1 aromatic carbocycles. The van der Waals surface area contributed by atoms with Crippen molar-refractivity contribution >= 4 is 23.0 Å². The highest BCUT2D eigenvalue weighted by Crippen LogP contribution is 2.25. The van der Waals surface area contributed by atoms with Crippen molar-refractivity contribution in [3.8, 4) is 0 Å². The molecule has 0 saturated heterocycles. The first kappa shape index (κ1) is 12.7. The van der Waals surface area contributed by atoms with Crippen molar-refractivity contribution in [3.05, 3.63) is 41.2 Å². The fourth-order valence-corrected chi connectivity index (χ4v) is 1.80. The van der Waals surface area contributed by atoms with Crippen LogP contribution in [0.4, 0.5) is 15.8 Å². The summed E-state index contributed by atoms with van der Waals surface area (Å²) in [5.41, 5.74) is 6.74. The fraction of sp³-hybridized carbons (Fsp3) is 0.250. The van der Waals surface area contributed by atoms with E-state index in [2.05, 4.69) is 15.3 Å². The van der Waals surface area contributed by atoms with Crippen molar-refractivity contribution in [2.24, 2.45) is 0 Å². The second-order valence-corrected chi connectivity index (χ2v) is 4.33. The molecule has 0 atom stereocenters. The van der Waals surface area contributed by atoms with E-state index in [1.807, 2.05) is 0 Å². The second-order valence-electron chi connectivity index (χ2n) is 3.92. The summed E-state index contributed by atoms with van der Waals surface area (Å²) in [5.74, 6) is 0.464. The van der Waals surface area contributed by atoms with Gasteiger partial charge in [-0.25, -0.2) is 9.37 Å². The number of hydrogen-bond donors (Lipinski definition) is 3. The Bertz CT molecular complexity index is 513. The molecule has 0 spiro atoms. The molecule has 1 heterocycles. The summed E-state index contributed by atoms with van der Waals surface area (Å²) in [7, 11) is 0. The van der Waals surface area contributed by atoms with E-state index < -0.39 is 5.82 Å². The number of hydrogen-bond acceptors (Lipinski definition) is 3. The number of nitrogens with one attached hydrogen (secondary N) is 2. The molecule has 0 radical (unpaired) electrons. The van der Waals surface area contributed by atoms with Crippen LogP contribution in [0.5, 0.6) is 0 Å². The minimum atomic E-state index is -0.473. The zero-order valence-corrected chi connectivity index (χ0v) is 10.5. The van der Waals surface area contributed by atoms with E-state index in [4.69, 9.17) is 17.3 Å². The lowest BCUT2D eigenvalue weighted by Gasteiger charge is -2.09. The topological polar surface area (TPSA) is 66.7 Å². The van der Waals surface area contributed by atoms with Crippen LogP contribution in [0.3, 0.4) is 0 Å². The van der Waals surface area contributed by atoms with E-state index in [-0.39, 0.29) is 5.02 Å². The Hall–Kier alpha value is -1.75. The number of aromatic amines is 1. The number of H-pyrrole nitrogens is 1. The summed E-state index contributed by atoms with van der Waals surface area (Å²) in [5, 5.41) is 3.11. The smallest absolute Gasteiger partial charge is 0.143 e. The maximum Gasteiger partial charge on any atom is 0.143 e. The van der Waals surface area contributed by atoms with Crippen LogP contribution >= 0.6 is 11.6 Å². The quantitative estimate of drug-likeness (QED) is 0.577. The molecule has 2 rings (SSSR count). The zero-order valence-electron chi connectivity index (χ0n) is 9.71. The number of anilines is 2. The highest BCUT2D eigenvalue weighted by molar-refractivity contribution is 6.31. The van der Waals surface area contributed by atoms with E-state index in [9.17, 15) is 4.39 Å². The molecule has 18 heavy (non-hydrogen) atoms. The first-order valence-electron chi connectivity index (χ1n) is 5.63. The van der Waals surface area contributed by atoms with Gasteiger partial charge in [0, 0.05) is 31.4 Å². The number of halogens is 2. The molecule has 0 amide bonds. The molecule has 0 unspecified atom stereocenters. The largest absolute Gasteiger partial charge is 0.397 e. The molecule has 0 aliphatic rings. The first-order chi connectivity index (χ1) is 8.66. The fourth-order valence-electron chi connectivity index (χ4n) is 1.63. The molecule has 0 saturated carbocycles. The molecule has 0 aliphatic heterocycles. The minimum absolute atomic E-state index is 0.0358. The molecule has 4 N–H and O–H groups in total. The van der Waals surface area contributed by atoms with Crippen LogP contribution < -0.4 is 11.1 Å². The number of nitrogen functional groups attached to an aromatic ring is 1. The monoisotopic (exact) mass is 268 g/mol. The SMILES string of the molecule is Nc1cc(Cl)c(F)cc1NCCCc1ncc[nH]1. The molecule has 4 nitrogen and oxygen atoms in total. The maximum absolute atomic E-state index is 13.2. The number of nitrogens with two attached hydrogens (primary N) is 1. The van der Waals surface area contributed by atoms with Gasteiger partial charge >= 0.3 is 0 Å². The highest BCUT2D eigenvalue weighted by Gasteiger charge is 2.05. The number of aryl methyl sites for hydroxylation is 1. The standard InChI is InChI=1S/C12H14ClFN4/c13-8-6-10(15)11(7-9(8)14)16-3-1-2-12-17-4-5-18-12/h4-7,16H,1-3,15H2,(H,17,18). The predicted octanol–water partition coefficient (Wildman–Crippen LogP) is 2.83. The number of aromatic nitrogens is 2. The molecule has 0 aliphatic carbocycles. The lowest BCUT2D eigenvalue weighted by Crippen LogP contribution is -2.06.